The molecule has 26 heavy (non-hydrogen) atoms. The standard InChI is InChI=1S/C18H21FN4O3/c1-26-15-6-5-12(19)9-13(15)14-10-16(21-11-20-14)22-17(24)18(25)23-7-3-2-4-8-23/h9-11H,2-8H2,1H3,(H,20,21,22,24). The Morgan fingerprint density at radius 1 is 1.19 bits per heavy atom. The molecule has 1 aromatic rings. The van der Waals surface area contributed by atoms with Crippen molar-refractivity contribution in [2.24, 2.45) is 0 Å². The fourth-order valence-corrected chi connectivity index (χ4v) is 3.09. The molecule has 0 atom stereocenters. The number of carbonyl (C=O) groups is 2. The number of halogens is 1. The van der Waals surface area contributed by atoms with Gasteiger partial charge in [0.1, 0.15) is 23.7 Å². The number of allylic oxidation sites excluding steroid dienone is 4. The molecule has 1 aromatic heterocycles. The van der Waals surface area contributed by atoms with Gasteiger partial charge in [-0.25, -0.2) is 14.4 Å². The number of piperidine rings is 1. The van der Waals surface area contributed by atoms with Crippen LogP contribution in [0.3, 0.4) is 0 Å². The first-order valence-electron chi connectivity index (χ1n) is 8.64. The Morgan fingerprint density at radius 2 is 1.96 bits per heavy atom. The van der Waals surface area contributed by atoms with Crippen molar-refractivity contribution >= 4 is 23.2 Å². The van der Waals surface area contributed by atoms with Gasteiger partial charge >= 0.3 is 11.8 Å². The molecule has 2 aliphatic rings. The lowest BCUT2D eigenvalue weighted by atomic mass is 10.0. The van der Waals surface area contributed by atoms with Crippen molar-refractivity contribution in [2.75, 3.05) is 25.5 Å². The van der Waals surface area contributed by atoms with E-state index in [0.717, 1.165) is 19.3 Å². The van der Waals surface area contributed by atoms with E-state index in [2.05, 4.69) is 15.3 Å². The van der Waals surface area contributed by atoms with Crippen LogP contribution in [0.25, 0.3) is 5.57 Å². The average molecular weight is 360 g/mol. The lowest BCUT2D eigenvalue weighted by Crippen LogP contribution is -2.42. The highest BCUT2D eigenvalue weighted by atomic mass is 19.1. The summed E-state index contributed by atoms with van der Waals surface area (Å²) in [5, 5.41) is 2.50. The number of rotatable bonds is 3. The maximum Gasteiger partial charge on any atom is 0.315 e. The molecule has 3 rings (SSSR count). The summed E-state index contributed by atoms with van der Waals surface area (Å²) in [6.45, 7) is 1.19. The van der Waals surface area contributed by atoms with Crippen molar-refractivity contribution in [3.8, 4) is 0 Å². The molecule has 1 fully saturated rings. The Hall–Kier alpha value is -2.77. The van der Waals surface area contributed by atoms with Gasteiger partial charge in [-0.3, -0.25) is 9.59 Å². The van der Waals surface area contributed by atoms with E-state index in [1.165, 1.54) is 25.6 Å². The van der Waals surface area contributed by atoms with Crippen molar-refractivity contribution in [2.45, 2.75) is 32.1 Å². The quantitative estimate of drug-likeness (QED) is 0.837. The van der Waals surface area contributed by atoms with Gasteiger partial charge in [-0.15, -0.1) is 0 Å². The fraction of sp³-hybridized carbons (Fsp3) is 0.444. The highest BCUT2D eigenvalue weighted by Crippen LogP contribution is 2.31. The summed E-state index contributed by atoms with van der Waals surface area (Å²) in [6.07, 6.45) is 6.23. The van der Waals surface area contributed by atoms with Crippen molar-refractivity contribution in [1.29, 1.82) is 0 Å². The molecule has 1 saturated heterocycles. The minimum absolute atomic E-state index is 0.188. The molecule has 138 valence electrons. The van der Waals surface area contributed by atoms with Gasteiger partial charge in [0.05, 0.1) is 12.8 Å². The lowest BCUT2D eigenvalue weighted by Gasteiger charge is -2.25. The van der Waals surface area contributed by atoms with E-state index in [-0.39, 0.29) is 18.1 Å². The van der Waals surface area contributed by atoms with E-state index in [9.17, 15) is 14.0 Å². The molecular weight excluding hydrogens is 339 g/mol. The number of nitrogens with one attached hydrogen (secondary N) is 1. The highest BCUT2D eigenvalue weighted by Gasteiger charge is 2.24. The molecule has 0 bridgehead atoms. The second-order valence-corrected chi connectivity index (χ2v) is 6.23. The SMILES string of the molecule is COC1=C(c2cc(NC(=O)C(=O)N3CCCCC3)ncn2)C=C(F)CC1. The topological polar surface area (TPSA) is 84.4 Å². The normalized spacial score (nSPS) is 17.6. The first kappa shape index (κ1) is 18.0. The Bertz CT molecular complexity index is 769. The van der Waals surface area contributed by atoms with Crippen LogP contribution in [0.4, 0.5) is 10.2 Å². The maximum atomic E-state index is 13.7. The summed E-state index contributed by atoms with van der Waals surface area (Å²) in [6, 6.07) is 1.50. The molecule has 2 heterocycles. The number of likely N-dealkylation sites (tertiary alicyclic amines) is 1. The van der Waals surface area contributed by atoms with Crippen molar-refractivity contribution in [3.63, 3.8) is 0 Å². The highest BCUT2D eigenvalue weighted by molar-refractivity contribution is 6.39. The van der Waals surface area contributed by atoms with Crippen LogP contribution >= 0.6 is 0 Å². The predicted molar refractivity (Wildman–Crippen MR) is 93.4 cm³/mol. The fourth-order valence-electron chi connectivity index (χ4n) is 3.09. The van der Waals surface area contributed by atoms with Crippen LogP contribution in [-0.4, -0.2) is 46.9 Å². The second kappa shape index (κ2) is 8.07. The molecule has 1 aliphatic heterocycles. The number of hydrogen-bond acceptors (Lipinski definition) is 5. The summed E-state index contributed by atoms with van der Waals surface area (Å²) in [5.74, 6) is -0.752. The third-order valence-electron chi connectivity index (χ3n) is 4.46. The van der Waals surface area contributed by atoms with Crippen LogP contribution in [0, 0.1) is 0 Å². The summed E-state index contributed by atoms with van der Waals surface area (Å²) >= 11 is 0. The van der Waals surface area contributed by atoms with E-state index in [0.29, 0.717) is 36.5 Å². The summed E-state index contributed by atoms with van der Waals surface area (Å²) in [5.41, 5.74) is 0.934. The van der Waals surface area contributed by atoms with E-state index in [1.54, 1.807) is 4.90 Å². The summed E-state index contributed by atoms with van der Waals surface area (Å²) < 4.78 is 19.0. The summed E-state index contributed by atoms with van der Waals surface area (Å²) in [4.78, 5) is 34.1. The second-order valence-electron chi connectivity index (χ2n) is 6.23. The molecule has 8 heteroatoms. The number of aromatic nitrogens is 2. The van der Waals surface area contributed by atoms with Gasteiger partial charge in [0.15, 0.2) is 0 Å². The molecule has 1 aliphatic carbocycles. The molecule has 0 aromatic carbocycles. The zero-order valence-electron chi connectivity index (χ0n) is 14.6. The first-order chi connectivity index (χ1) is 12.6. The van der Waals surface area contributed by atoms with Crippen LogP contribution < -0.4 is 5.32 Å². The Labute approximate surface area is 151 Å². The predicted octanol–water partition coefficient (Wildman–Crippen LogP) is 2.43. The van der Waals surface area contributed by atoms with Gasteiger partial charge in [0, 0.05) is 37.6 Å². The Balaban J connectivity index is 1.76. The third-order valence-corrected chi connectivity index (χ3v) is 4.46. The molecule has 0 spiro atoms. The van der Waals surface area contributed by atoms with Crippen LogP contribution in [0.5, 0.6) is 0 Å². The number of ether oxygens (including phenoxy) is 1. The van der Waals surface area contributed by atoms with Crippen LogP contribution in [0.15, 0.2) is 30.1 Å². The van der Waals surface area contributed by atoms with Gasteiger partial charge in [-0.1, -0.05) is 0 Å². The molecule has 0 radical (unpaired) electrons. The van der Waals surface area contributed by atoms with Crippen molar-refractivity contribution < 1.29 is 18.7 Å². The van der Waals surface area contributed by atoms with E-state index in [4.69, 9.17) is 4.74 Å². The van der Waals surface area contributed by atoms with E-state index >= 15 is 0 Å². The number of carbonyl (C=O) groups excluding carboxylic acids is 2. The molecule has 0 saturated carbocycles. The third kappa shape index (κ3) is 4.07. The summed E-state index contributed by atoms with van der Waals surface area (Å²) in [7, 11) is 1.52. The largest absolute Gasteiger partial charge is 0.500 e. The maximum absolute atomic E-state index is 13.7. The van der Waals surface area contributed by atoms with Gasteiger partial charge < -0.3 is 15.0 Å². The van der Waals surface area contributed by atoms with Crippen LogP contribution in [0.2, 0.25) is 0 Å². The van der Waals surface area contributed by atoms with Crippen molar-refractivity contribution in [3.05, 3.63) is 35.7 Å². The molecule has 7 nitrogen and oxygen atoms in total. The number of anilines is 1. The lowest BCUT2D eigenvalue weighted by molar-refractivity contribution is -0.143. The molecule has 0 unspecified atom stereocenters. The van der Waals surface area contributed by atoms with Crippen molar-refractivity contribution in [1.82, 2.24) is 14.9 Å². The van der Waals surface area contributed by atoms with Gasteiger partial charge in [0.25, 0.3) is 0 Å². The minimum Gasteiger partial charge on any atom is -0.500 e. The first-order valence-corrected chi connectivity index (χ1v) is 8.64. The molecule has 1 N–H and O–H groups in total. The van der Waals surface area contributed by atoms with E-state index in [1.807, 2.05) is 0 Å². The molecular formula is C18H21FN4O3. The average Bonchev–Trinajstić information content (AvgIpc) is 2.68. The number of amides is 2. The zero-order chi connectivity index (χ0) is 18.5. The van der Waals surface area contributed by atoms with Gasteiger partial charge in [-0.2, -0.15) is 0 Å². The van der Waals surface area contributed by atoms with Crippen LogP contribution in [0.1, 0.15) is 37.8 Å². The number of nitrogens with zero attached hydrogens (tertiary/aromatic N) is 3. The van der Waals surface area contributed by atoms with E-state index < -0.39 is 11.8 Å². The van der Waals surface area contributed by atoms with Gasteiger partial charge in [-0.05, 0) is 25.3 Å². The Morgan fingerprint density at radius 3 is 2.69 bits per heavy atom. The van der Waals surface area contributed by atoms with Crippen LogP contribution in [-0.2, 0) is 14.3 Å². The minimum atomic E-state index is -0.733. The zero-order valence-corrected chi connectivity index (χ0v) is 14.6. The van der Waals surface area contributed by atoms with Gasteiger partial charge in [0.2, 0.25) is 0 Å². The molecule has 2 amide bonds. The number of methoxy groups -OCH3 is 1. The monoisotopic (exact) mass is 360 g/mol. The smallest absolute Gasteiger partial charge is 0.315 e. The Kier molecular flexibility index (Phi) is 5.60. The number of hydrogen-bond donors (Lipinski definition) is 1.